The van der Waals surface area contributed by atoms with E-state index in [2.05, 4.69) is 25.7 Å². The summed E-state index contributed by atoms with van der Waals surface area (Å²) in [6.07, 6.45) is 2.49. The molecule has 0 aromatic heterocycles. The molecule has 21 heteroatoms. The zero-order valence-corrected chi connectivity index (χ0v) is 37.0. The number of carboxylic acids is 1. The maximum Gasteiger partial charge on any atom is 0.326 e. The molecule has 6 atom stereocenters. The van der Waals surface area contributed by atoms with Gasteiger partial charge in [0.05, 0.1) is 41.9 Å². The van der Waals surface area contributed by atoms with Gasteiger partial charge in [0.2, 0.25) is 35.5 Å². The van der Waals surface area contributed by atoms with Gasteiger partial charge in [0, 0.05) is 37.1 Å². The van der Waals surface area contributed by atoms with Gasteiger partial charge in [-0.2, -0.15) is 0 Å². The van der Waals surface area contributed by atoms with Crippen LogP contribution in [0.25, 0.3) is 0 Å². The number of esters is 1. The number of likely N-dealkylation sites (tertiary alicyclic amines) is 1. The quantitative estimate of drug-likeness (QED) is 0.0289. The van der Waals surface area contributed by atoms with E-state index in [-0.39, 0.29) is 55.5 Å². The lowest BCUT2D eigenvalue weighted by molar-refractivity contribution is -0.158. The highest BCUT2D eigenvalue weighted by Gasteiger charge is 2.60. The van der Waals surface area contributed by atoms with E-state index in [1.807, 2.05) is 20.8 Å². The molecule has 0 spiro atoms. The van der Waals surface area contributed by atoms with E-state index in [1.54, 1.807) is 46.8 Å². The Labute approximate surface area is 360 Å². The molecule has 0 saturated carbocycles. The lowest BCUT2D eigenvalue weighted by Crippen LogP contribution is -2.51. The largest absolute Gasteiger partial charge is 0.487 e. The van der Waals surface area contributed by atoms with E-state index in [4.69, 9.17) is 19.9 Å². The minimum atomic E-state index is -4.22. The second kappa shape index (κ2) is 18.4. The summed E-state index contributed by atoms with van der Waals surface area (Å²) in [5.41, 5.74) is 7.34. The number of carbonyl (C=O) groups excluding carboxylic acids is 6. The molecule has 2 bridgehead atoms. The summed E-state index contributed by atoms with van der Waals surface area (Å²) < 4.78 is 46.4. The van der Waals surface area contributed by atoms with Crippen molar-refractivity contribution in [1.82, 2.24) is 25.6 Å². The topological polar surface area (TPSA) is 291 Å². The van der Waals surface area contributed by atoms with Crippen LogP contribution in [-0.4, -0.2) is 121 Å². The van der Waals surface area contributed by atoms with E-state index in [0.29, 0.717) is 23.3 Å². The Hall–Kier alpha value is -5.57. The normalized spacial score (nSPS) is 22.1. The van der Waals surface area contributed by atoms with Gasteiger partial charge in [0.25, 0.3) is 10.0 Å². The highest BCUT2D eigenvalue weighted by atomic mass is 32.2. The lowest BCUT2D eigenvalue weighted by Gasteiger charge is -2.22. The Balaban J connectivity index is 1.19. The van der Waals surface area contributed by atoms with Crippen molar-refractivity contribution in [2.75, 3.05) is 19.6 Å². The fourth-order valence-corrected chi connectivity index (χ4v) is 9.68. The first-order valence-corrected chi connectivity index (χ1v) is 21.9. The summed E-state index contributed by atoms with van der Waals surface area (Å²) in [7, 11) is -4.22. The third kappa shape index (κ3) is 10.9. The van der Waals surface area contributed by atoms with E-state index in [9.17, 15) is 47.1 Å². The number of nitrogens with one attached hydrogen (secondary N) is 4. The zero-order valence-electron chi connectivity index (χ0n) is 36.2. The molecule has 4 aliphatic rings. The number of benzene rings is 1. The number of aliphatic carboxylic acids is 1. The average Bonchev–Trinajstić information content (AvgIpc) is 3.92. The smallest absolute Gasteiger partial charge is 0.326 e. The molecule has 20 nitrogen and oxygen atoms in total. The van der Waals surface area contributed by atoms with Gasteiger partial charge in [-0.1, -0.05) is 12.2 Å². The Morgan fingerprint density at radius 3 is 2.18 bits per heavy atom. The predicted molar refractivity (Wildman–Crippen MR) is 221 cm³/mol. The number of nitrogens with zero attached hydrogens (tertiary/aromatic N) is 2. The first-order chi connectivity index (χ1) is 28.8. The number of nitrogens with two attached hydrogens (primary N) is 1. The molecule has 4 aliphatic heterocycles. The van der Waals surface area contributed by atoms with E-state index >= 15 is 0 Å². The lowest BCUT2D eigenvalue weighted by atomic mass is 9.85. The van der Waals surface area contributed by atoms with Gasteiger partial charge in [-0.15, -0.1) is 0 Å². The maximum atomic E-state index is 13.6. The molecule has 2 saturated heterocycles. The van der Waals surface area contributed by atoms with Crippen LogP contribution < -0.4 is 31.1 Å². The molecule has 5 rings (SSSR count). The fourth-order valence-electron chi connectivity index (χ4n) is 8.19. The molecule has 340 valence electrons. The number of aliphatic imine (C=N–C) groups is 1. The molecular formula is C41H57N7O13S. The average molecular weight is 888 g/mol. The van der Waals surface area contributed by atoms with Crippen LogP contribution in [-0.2, 0) is 59.5 Å². The molecule has 5 amide bonds. The summed E-state index contributed by atoms with van der Waals surface area (Å²) in [5, 5.41) is 16.7. The van der Waals surface area contributed by atoms with Crippen LogP contribution in [0.2, 0.25) is 0 Å². The molecule has 62 heavy (non-hydrogen) atoms. The molecule has 0 radical (unpaired) electrons. The number of fused-ring (bicyclic) bond motifs is 6. The summed E-state index contributed by atoms with van der Waals surface area (Å²) in [6, 6.07) is -2.92. The zero-order chi connectivity index (χ0) is 46.1. The number of guanidine groups is 1. The molecule has 2 fully saturated rings. The van der Waals surface area contributed by atoms with Crippen LogP contribution in [0.4, 0.5) is 0 Å². The third-order valence-electron chi connectivity index (χ3n) is 11.0. The van der Waals surface area contributed by atoms with E-state index in [0.717, 1.165) is 16.0 Å². The number of sulfonamides is 1. The summed E-state index contributed by atoms with van der Waals surface area (Å²) in [4.78, 5) is 94.5. The molecule has 4 heterocycles. The Morgan fingerprint density at radius 1 is 0.968 bits per heavy atom. The van der Waals surface area contributed by atoms with Gasteiger partial charge in [-0.05, 0) is 85.8 Å². The van der Waals surface area contributed by atoms with Crippen molar-refractivity contribution in [3.05, 3.63) is 34.4 Å². The number of rotatable bonds is 18. The van der Waals surface area contributed by atoms with Crippen molar-refractivity contribution >= 4 is 57.5 Å². The highest BCUT2D eigenvalue weighted by molar-refractivity contribution is 7.90. The Bertz CT molecular complexity index is 2170. The summed E-state index contributed by atoms with van der Waals surface area (Å²) in [5.74, 6) is -6.57. The number of amides is 5. The summed E-state index contributed by atoms with van der Waals surface area (Å²) >= 11 is 0. The Kier molecular flexibility index (Phi) is 14.1. The number of imide groups is 1. The monoisotopic (exact) mass is 887 g/mol. The van der Waals surface area contributed by atoms with Crippen molar-refractivity contribution in [3.8, 4) is 5.75 Å². The van der Waals surface area contributed by atoms with Crippen molar-refractivity contribution < 1.29 is 61.3 Å². The van der Waals surface area contributed by atoms with Crippen LogP contribution in [0.1, 0.15) is 89.0 Å². The third-order valence-corrected chi connectivity index (χ3v) is 12.6. The SMILES string of the molecule is Cc1c(C)c(S(=O)(=O)NC(N)=NCCCC(NC(=O)CCCN2C(=O)C3C4C=CC(O4)C3C2=O)C(=O)NCC(=O)NC(CC(=O)OC(C)(C)C)C(=O)O)c(C)c2c1CC(C)(C)O2. The van der Waals surface area contributed by atoms with Crippen LogP contribution in [0.5, 0.6) is 5.75 Å². The summed E-state index contributed by atoms with van der Waals surface area (Å²) in [6.45, 7) is 13.0. The van der Waals surface area contributed by atoms with Crippen molar-refractivity contribution in [2.45, 2.75) is 134 Å². The number of hydrogen-bond donors (Lipinski definition) is 6. The molecule has 1 aromatic rings. The van der Waals surface area contributed by atoms with Gasteiger partial charge in [-0.3, -0.25) is 38.7 Å². The van der Waals surface area contributed by atoms with Crippen molar-refractivity contribution in [1.29, 1.82) is 0 Å². The van der Waals surface area contributed by atoms with Crippen molar-refractivity contribution in [2.24, 2.45) is 22.6 Å². The minimum absolute atomic E-state index is 0.0204. The fraction of sp³-hybridized carbons (Fsp3) is 0.610. The minimum Gasteiger partial charge on any atom is -0.487 e. The molecular weight excluding hydrogens is 831 g/mol. The molecule has 7 N–H and O–H groups in total. The van der Waals surface area contributed by atoms with Gasteiger partial charge < -0.3 is 41.0 Å². The highest BCUT2D eigenvalue weighted by Crippen LogP contribution is 2.45. The van der Waals surface area contributed by atoms with E-state index < -0.39 is 106 Å². The van der Waals surface area contributed by atoms with Crippen LogP contribution in [0.15, 0.2) is 22.0 Å². The van der Waals surface area contributed by atoms with Gasteiger partial charge >= 0.3 is 11.9 Å². The first kappa shape index (κ1) is 47.5. The number of hydrogen-bond acceptors (Lipinski definition) is 13. The first-order valence-electron chi connectivity index (χ1n) is 20.4. The number of ether oxygens (including phenoxy) is 3. The van der Waals surface area contributed by atoms with Crippen molar-refractivity contribution in [3.63, 3.8) is 0 Å². The van der Waals surface area contributed by atoms with Crippen LogP contribution in [0.3, 0.4) is 0 Å². The van der Waals surface area contributed by atoms with Gasteiger partial charge in [0.1, 0.15) is 29.0 Å². The maximum absolute atomic E-state index is 13.6. The molecule has 1 aromatic carbocycles. The van der Waals surface area contributed by atoms with E-state index in [1.165, 1.54) is 0 Å². The van der Waals surface area contributed by atoms with Crippen LogP contribution in [0, 0.1) is 32.6 Å². The second-order valence-corrected chi connectivity index (χ2v) is 19.2. The number of carboxylic acid groups (broad SMARTS) is 1. The van der Waals surface area contributed by atoms with Gasteiger partial charge in [-0.25, -0.2) is 17.9 Å². The molecule has 0 aliphatic carbocycles. The molecule has 6 unspecified atom stereocenters. The standard InChI is InChI=1S/C41H57N7O13S/c1-20-21(2)34(22(3)33-23(20)18-41(7,8)61-33)62(57,58)47-39(42)43-15-9-11-24(35(52)44-19-29(50)46-25(38(55)56)17-30(51)60-40(4,5)6)45-28(49)12-10-16-48-36(53)31-26-13-14-27(59-26)32(31)37(48)54/h13-14,24-27,31-32H,9-12,15-19H2,1-8H3,(H,44,52)(H,45,49)(H,46,50)(H,55,56)(H3,42,43,47). The Morgan fingerprint density at radius 2 is 1.58 bits per heavy atom. The second-order valence-electron chi connectivity index (χ2n) is 17.6. The predicted octanol–water partition coefficient (Wildman–Crippen LogP) is 0.319. The van der Waals surface area contributed by atoms with Gasteiger partial charge in [0.15, 0.2) is 0 Å². The van der Waals surface area contributed by atoms with Crippen LogP contribution >= 0.6 is 0 Å². The number of carbonyl (C=O) groups is 7.